The molecule has 39 heavy (non-hydrogen) atoms. The third kappa shape index (κ3) is 3.92. The number of nitrogens with two attached hydrogens (primary N) is 1. The number of nitrogens with one attached hydrogen (secondary N) is 1. The van der Waals surface area contributed by atoms with Crippen molar-refractivity contribution in [1.29, 1.82) is 0 Å². The van der Waals surface area contributed by atoms with E-state index in [2.05, 4.69) is 29.4 Å². The molecule has 13 nitrogen and oxygen atoms in total. The Labute approximate surface area is 219 Å². The van der Waals surface area contributed by atoms with E-state index in [0.717, 1.165) is 18.8 Å². The molecule has 1 saturated heterocycles. The minimum absolute atomic E-state index is 0.0288. The van der Waals surface area contributed by atoms with Gasteiger partial charge in [-0.05, 0) is 31.2 Å². The number of furan rings is 1. The van der Waals surface area contributed by atoms with Crippen LogP contribution < -0.4 is 30.9 Å². The first-order valence-electron chi connectivity index (χ1n) is 12.5. The van der Waals surface area contributed by atoms with Crippen molar-refractivity contribution in [2.75, 3.05) is 42.6 Å². The zero-order valence-corrected chi connectivity index (χ0v) is 20.9. The molecule has 1 aromatic carbocycles. The van der Waals surface area contributed by atoms with E-state index in [-0.39, 0.29) is 23.4 Å². The van der Waals surface area contributed by atoms with Gasteiger partial charge in [0.05, 0.1) is 6.26 Å². The molecule has 0 spiro atoms. The Bertz CT molecular complexity index is 1630. The normalized spacial score (nSPS) is 20.5. The molecule has 1 atom stereocenters. The van der Waals surface area contributed by atoms with Crippen molar-refractivity contribution in [1.82, 2.24) is 24.1 Å². The van der Waals surface area contributed by atoms with Gasteiger partial charge in [-0.2, -0.15) is 4.98 Å². The molecule has 0 amide bonds. The number of alkyl halides is 2. The van der Waals surface area contributed by atoms with Crippen LogP contribution in [0.5, 0.6) is 11.5 Å². The first-order valence-corrected chi connectivity index (χ1v) is 12.5. The van der Waals surface area contributed by atoms with Crippen LogP contribution in [-0.4, -0.2) is 75.0 Å². The van der Waals surface area contributed by atoms with E-state index in [1.807, 2.05) is 6.92 Å². The fourth-order valence-corrected chi connectivity index (χ4v) is 5.21. The summed E-state index contributed by atoms with van der Waals surface area (Å²) in [5, 5.41) is 4.33. The van der Waals surface area contributed by atoms with Crippen LogP contribution in [0.2, 0.25) is 0 Å². The van der Waals surface area contributed by atoms with Gasteiger partial charge in [-0.3, -0.25) is 19.5 Å². The largest absolute Gasteiger partial charge is 0.586 e. The lowest BCUT2D eigenvalue weighted by atomic mass is 10.1. The fourth-order valence-electron chi connectivity index (χ4n) is 5.21. The number of hydrogen-bond acceptors (Lipinski definition) is 10. The number of imidazole rings is 1. The molecule has 3 N–H and O–H groups in total. The predicted octanol–water partition coefficient (Wildman–Crippen LogP) is 1.44. The molecule has 0 bridgehead atoms. The van der Waals surface area contributed by atoms with Crippen molar-refractivity contribution in [3.05, 3.63) is 58.5 Å². The molecule has 204 valence electrons. The van der Waals surface area contributed by atoms with Crippen LogP contribution in [0, 0.1) is 0 Å². The number of anilines is 2. The summed E-state index contributed by atoms with van der Waals surface area (Å²) in [4.78, 5) is 26.6. The Morgan fingerprint density at radius 3 is 2.69 bits per heavy atom. The minimum Gasteiger partial charge on any atom is -0.463 e. The van der Waals surface area contributed by atoms with Crippen LogP contribution in [0.1, 0.15) is 18.4 Å². The van der Waals surface area contributed by atoms with Crippen molar-refractivity contribution in [2.24, 2.45) is 10.8 Å². The van der Waals surface area contributed by atoms with Crippen molar-refractivity contribution in [2.45, 2.75) is 25.9 Å². The second kappa shape index (κ2) is 8.57. The highest BCUT2D eigenvalue weighted by Crippen LogP contribution is 2.43. The van der Waals surface area contributed by atoms with Gasteiger partial charge < -0.3 is 18.8 Å². The standard InChI is InChI=1S/C24H25F2N9O4/c1-14-28-19(17-3-2-12-37-17)20-21(34(14)27)29-22-33(23(36)30-35(20)22)11-8-31-6-9-32(10-7-31)15-4-5-16-18(13-15)39-24(25,26)38-16/h2-5,12-14H,6-11,27H2,1H3,(H,30,36). The summed E-state index contributed by atoms with van der Waals surface area (Å²) in [7, 11) is 0. The number of hydrogen-bond donors (Lipinski definition) is 2. The zero-order chi connectivity index (χ0) is 26.9. The van der Waals surface area contributed by atoms with Gasteiger partial charge >= 0.3 is 12.0 Å². The number of fused-ring (bicyclic) bond motifs is 4. The Morgan fingerprint density at radius 2 is 1.92 bits per heavy atom. The number of piperazine rings is 1. The van der Waals surface area contributed by atoms with E-state index in [0.29, 0.717) is 54.9 Å². The maximum atomic E-state index is 13.4. The van der Waals surface area contributed by atoms with E-state index in [9.17, 15) is 13.6 Å². The highest BCUT2D eigenvalue weighted by molar-refractivity contribution is 6.14. The van der Waals surface area contributed by atoms with Gasteiger partial charge in [0.1, 0.15) is 17.6 Å². The average molecular weight is 542 g/mol. The van der Waals surface area contributed by atoms with Crippen molar-refractivity contribution >= 4 is 23.0 Å². The number of H-pyrrole nitrogens is 1. The van der Waals surface area contributed by atoms with Gasteiger partial charge in [-0.25, -0.2) is 20.3 Å². The molecular formula is C24H25F2N9O4. The molecule has 1 fully saturated rings. The Kier molecular flexibility index (Phi) is 5.21. The lowest BCUT2D eigenvalue weighted by Crippen LogP contribution is -2.47. The number of halogens is 2. The molecule has 1 unspecified atom stereocenters. The van der Waals surface area contributed by atoms with Crippen LogP contribution in [0.4, 0.5) is 20.3 Å². The topological polar surface area (TPSA) is 135 Å². The van der Waals surface area contributed by atoms with Crippen LogP contribution in [-0.2, 0) is 6.54 Å². The Morgan fingerprint density at radius 1 is 1.13 bits per heavy atom. The molecule has 3 aliphatic rings. The monoisotopic (exact) mass is 541 g/mol. The molecule has 4 aromatic rings. The van der Waals surface area contributed by atoms with Gasteiger partial charge in [0.2, 0.25) is 5.78 Å². The van der Waals surface area contributed by atoms with E-state index in [1.165, 1.54) is 11.1 Å². The summed E-state index contributed by atoms with van der Waals surface area (Å²) in [5.41, 5.74) is 1.62. The van der Waals surface area contributed by atoms with Gasteiger partial charge in [-0.1, -0.05) is 0 Å². The van der Waals surface area contributed by atoms with E-state index < -0.39 is 6.29 Å². The van der Waals surface area contributed by atoms with Crippen LogP contribution >= 0.6 is 0 Å². The van der Waals surface area contributed by atoms with Gasteiger partial charge in [0.15, 0.2) is 23.1 Å². The van der Waals surface area contributed by atoms with E-state index in [4.69, 9.17) is 15.2 Å². The molecule has 0 saturated carbocycles. The molecule has 7 rings (SSSR count). The number of aliphatic imine (C=N–C) groups is 1. The highest BCUT2D eigenvalue weighted by atomic mass is 19.3. The first kappa shape index (κ1) is 23.7. The quantitative estimate of drug-likeness (QED) is 0.360. The molecule has 0 radical (unpaired) electrons. The second-order valence-corrected chi connectivity index (χ2v) is 9.61. The van der Waals surface area contributed by atoms with E-state index in [1.54, 1.807) is 39.6 Å². The number of aromatic nitrogens is 4. The van der Waals surface area contributed by atoms with Gasteiger partial charge in [-0.15, -0.1) is 8.78 Å². The third-order valence-corrected chi connectivity index (χ3v) is 7.24. The van der Waals surface area contributed by atoms with Gasteiger partial charge in [0, 0.05) is 51.0 Å². The SMILES string of the molecule is CC1N=C(c2ccco2)c2c(nc3n(CCN4CCN(c5ccc6c(c5)OC(F)(F)O6)CC4)c(=O)[nH]n23)N1N. The lowest BCUT2D eigenvalue weighted by molar-refractivity contribution is -0.286. The predicted molar refractivity (Wildman–Crippen MR) is 136 cm³/mol. The number of nitrogens with zero attached hydrogens (tertiary/aromatic N) is 7. The summed E-state index contributed by atoms with van der Waals surface area (Å²) in [6.07, 6.45) is -2.44. The maximum Gasteiger partial charge on any atom is 0.586 e. The summed E-state index contributed by atoms with van der Waals surface area (Å²) < 4.78 is 44.6. The Hall–Kier alpha value is -4.37. The maximum absolute atomic E-state index is 13.4. The molecular weight excluding hydrogens is 516 g/mol. The van der Waals surface area contributed by atoms with Crippen LogP contribution in [0.15, 0.2) is 50.8 Å². The molecule has 3 aromatic heterocycles. The number of rotatable bonds is 5. The number of hydrazine groups is 1. The second-order valence-electron chi connectivity index (χ2n) is 9.61. The van der Waals surface area contributed by atoms with Crippen molar-refractivity contribution in [3.8, 4) is 11.5 Å². The van der Waals surface area contributed by atoms with Crippen LogP contribution in [0.25, 0.3) is 5.78 Å². The number of benzene rings is 1. The molecule has 15 heteroatoms. The number of aromatic amines is 1. The molecule has 3 aliphatic heterocycles. The summed E-state index contributed by atoms with van der Waals surface area (Å²) >= 11 is 0. The van der Waals surface area contributed by atoms with Crippen molar-refractivity contribution < 1.29 is 22.7 Å². The van der Waals surface area contributed by atoms with Crippen LogP contribution in [0.3, 0.4) is 0 Å². The van der Waals surface area contributed by atoms with Gasteiger partial charge in [0.25, 0.3) is 0 Å². The zero-order valence-electron chi connectivity index (χ0n) is 20.9. The average Bonchev–Trinajstić information content (AvgIpc) is 3.68. The Balaban J connectivity index is 1.06. The minimum atomic E-state index is -3.64. The molecule has 0 aliphatic carbocycles. The fraction of sp³-hybridized carbons (Fsp3) is 0.375. The molecule has 6 heterocycles. The highest BCUT2D eigenvalue weighted by Gasteiger charge is 2.43. The van der Waals surface area contributed by atoms with Crippen molar-refractivity contribution in [3.63, 3.8) is 0 Å². The smallest absolute Gasteiger partial charge is 0.463 e. The number of ether oxygens (including phenoxy) is 2. The summed E-state index contributed by atoms with van der Waals surface area (Å²) in [5.74, 6) is 7.82. The summed E-state index contributed by atoms with van der Waals surface area (Å²) in [6, 6.07) is 8.39. The lowest BCUT2D eigenvalue weighted by Gasteiger charge is -2.36. The summed E-state index contributed by atoms with van der Waals surface area (Å²) in [6.45, 7) is 5.72. The first-order chi connectivity index (χ1) is 18.8. The van der Waals surface area contributed by atoms with E-state index >= 15 is 0 Å². The third-order valence-electron chi connectivity index (χ3n) is 7.24.